The first kappa shape index (κ1) is 15.4. The summed E-state index contributed by atoms with van der Waals surface area (Å²) in [6, 6.07) is -0.316. The number of carboxylic acid groups (broad SMARTS) is 1. The molecule has 1 aliphatic rings. The summed E-state index contributed by atoms with van der Waals surface area (Å²) in [5, 5.41) is 11.7. The van der Waals surface area contributed by atoms with Crippen molar-refractivity contribution in [2.75, 3.05) is 13.1 Å². The van der Waals surface area contributed by atoms with Crippen LogP contribution in [0.4, 0.5) is 4.79 Å². The van der Waals surface area contributed by atoms with Gasteiger partial charge in [-0.3, -0.25) is 4.79 Å². The Morgan fingerprint density at radius 3 is 2.84 bits per heavy atom. The summed E-state index contributed by atoms with van der Waals surface area (Å²) in [7, 11) is 0. The molecule has 2 N–H and O–H groups in total. The fourth-order valence-corrected chi connectivity index (χ4v) is 2.33. The minimum atomic E-state index is -0.848. The van der Waals surface area contributed by atoms with E-state index in [0.717, 1.165) is 38.5 Å². The van der Waals surface area contributed by atoms with Gasteiger partial charge in [0.15, 0.2) is 0 Å². The minimum Gasteiger partial charge on any atom is -0.481 e. The third kappa shape index (κ3) is 5.64. The molecule has 5 heteroatoms. The number of urea groups is 1. The number of unbranched alkanes of at least 4 members (excludes halogenated alkanes) is 2. The van der Waals surface area contributed by atoms with Crippen LogP contribution in [0.3, 0.4) is 0 Å². The van der Waals surface area contributed by atoms with Crippen molar-refractivity contribution in [3.05, 3.63) is 0 Å². The van der Waals surface area contributed by atoms with Gasteiger partial charge in [-0.2, -0.15) is 0 Å². The van der Waals surface area contributed by atoms with Crippen LogP contribution in [0.5, 0.6) is 0 Å². The Morgan fingerprint density at radius 1 is 1.37 bits per heavy atom. The van der Waals surface area contributed by atoms with Crippen molar-refractivity contribution in [1.82, 2.24) is 10.2 Å². The summed E-state index contributed by atoms with van der Waals surface area (Å²) < 4.78 is 0. The molecule has 2 amide bonds. The number of aliphatic carboxylic acids is 1. The quantitative estimate of drug-likeness (QED) is 0.569. The average Bonchev–Trinajstić information content (AvgIpc) is 2.38. The molecule has 0 spiro atoms. The Kier molecular flexibility index (Phi) is 6.80. The van der Waals surface area contributed by atoms with E-state index in [1.54, 1.807) is 4.90 Å². The predicted octanol–water partition coefficient (Wildman–Crippen LogP) is 1.83. The van der Waals surface area contributed by atoms with Gasteiger partial charge >= 0.3 is 12.0 Å². The molecule has 0 aromatic carbocycles. The molecule has 0 aromatic rings. The maximum atomic E-state index is 12.0. The number of nitrogens with zero attached hydrogens (tertiary/aromatic N) is 1. The number of carbonyl (C=O) groups is 2. The van der Waals surface area contributed by atoms with E-state index < -0.39 is 5.97 Å². The molecule has 1 saturated heterocycles. The predicted molar refractivity (Wildman–Crippen MR) is 72.7 cm³/mol. The molecule has 1 atom stereocenters. The summed E-state index contributed by atoms with van der Waals surface area (Å²) in [6.45, 7) is 1.24. The highest BCUT2D eigenvalue weighted by atomic mass is 16.4. The van der Waals surface area contributed by atoms with Gasteiger partial charge in [-0.1, -0.05) is 0 Å². The van der Waals surface area contributed by atoms with Crippen molar-refractivity contribution in [3.8, 4) is 12.3 Å². The Bertz CT molecular complexity index is 349. The molecule has 0 aliphatic carbocycles. The lowest BCUT2D eigenvalue weighted by molar-refractivity contribution is -0.138. The van der Waals surface area contributed by atoms with E-state index in [2.05, 4.69) is 11.2 Å². The average molecular weight is 266 g/mol. The second kappa shape index (κ2) is 8.41. The van der Waals surface area contributed by atoms with E-state index in [0.29, 0.717) is 13.1 Å². The molecule has 1 unspecified atom stereocenters. The maximum Gasteiger partial charge on any atom is 0.317 e. The number of carboxylic acids is 1. The van der Waals surface area contributed by atoms with Crippen molar-refractivity contribution in [2.24, 2.45) is 0 Å². The summed E-state index contributed by atoms with van der Waals surface area (Å²) in [5.41, 5.74) is 0. The molecule has 0 saturated carbocycles. The van der Waals surface area contributed by atoms with Gasteiger partial charge in [0.05, 0.1) is 6.42 Å². The lowest BCUT2D eigenvalue weighted by Gasteiger charge is -2.34. The SMILES string of the molecule is C#CCCCCNC(=O)N1CCCCC1CC(=O)O. The fraction of sp³-hybridized carbons (Fsp3) is 0.714. The zero-order valence-electron chi connectivity index (χ0n) is 11.2. The zero-order valence-corrected chi connectivity index (χ0v) is 11.2. The van der Waals surface area contributed by atoms with Crippen LogP contribution in [0, 0.1) is 12.3 Å². The van der Waals surface area contributed by atoms with Crippen LogP contribution in [0.15, 0.2) is 0 Å². The van der Waals surface area contributed by atoms with Gasteiger partial charge in [-0.25, -0.2) is 4.79 Å². The van der Waals surface area contributed by atoms with Crippen LogP contribution in [-0.2, 0) is 4.79 Å². The molecule has 0 bridgehead atoms. The van der Waals surface area contributed by atoms with E-state index in [4.69, 9.17) is 11.5 Å². The number of hydrogen-bond acceptors (Lipinski definition) is 2. The molecule has 1 heterocycles. The first-order valence-electron chi connectivity index (χ1n) is 6.85. The van der Waals surface area contributed by atoms with Crippen LogP contribution in [0.25, 0.3) is 0 Å². The minimum absolute atomic E-state index is 0.0323. The number of likely N-dealkylation sites (tertiary alicyclic amines) is 1. The number of terminal acetylenes is 1. The monoisotopic (exact) mass is 266 g/mol. The van der Waals surface area contributed by atoms with E-state index in [1.165, 1.54) is 0 Å². The Labute approximate surface area is 114 Å². The van der Waals surface area contributed by atoms with Crippen molar-refractivity contribution in [2.45, 2.75) is 51.0 Å². The Hall–Kier alpha value is -1.70. The molecule has 106 valence electrons. The maximum absolute atomic E-state index is 12.0. The van der Waals surface area contributed by atoms with Gasteiger partial charge < -0.3 is 15.3 Å². The van der Waals surface area contributed by atoms with Crippen LogP contribution in [0.2, 0.25) is 0 Å². The Morgan fingerprint density at radius 2 is 2.16 bits per heavy atom. The summed E-state index contributed by atoms with van der Waals surface area (Å²) in [4.78, 5) is 24.5. The second-order valence-corrected chi connectivity index (χ2v) is 4.83. The third-order valence-electron chi connectivity index (χ3n) is 3.32. The van der Waals surface area contributed by atoms with Crippen molar-refractivity contribution < 1.29 is 14.7 Å². The smallest absolute Gasteiger partial charge is 0.317 e. The molecule has 5 nitrogen and oxygen atoms in total. The highest BCUT2D eigenvalue weighted by molar-refractivity contribution is 5.76. The fourth-order valence-electron chi connectivity index (χ4n) is 2.33. The van der Waals surface area contributed by atoms with Crippen LogP contribution >= 0.6 is 0 Å². The lowest BCUT2D eigenvalue weighted by Crippen LogP contribution is -2.49. The highest BCUT2D eigenvalue weighted by Gasteiger charge is 2.28. The third-order valence-corrected chi connectivity index (χ3v) is 3.32. The molecule has 1 rings (SSSR count). The standard InChI is InChI=1S/C14H22N2O3/c1-2-3-4-6-9-15-14(19)16-10-7-5-8-12(16)11-13(17)18/h1,12H,3-11H2,(H,15,19)(H,17,18). The molecule has 0 radical (unpaired) electrons. The first-order chi connectivity index (χ1) is 9.15. The number of hydrogen-bond donors (Lipinski definition) is 2. The van der Waals surface area contributed by atoms with Crippen molar-refractivity contribution in [3.63, 3.8) is 0 Å². The molecule has 1 aliphatic heterocycles. The van der Waals surface area contributed by atoms with Gasteiger partial charge in [0, 0.05) is 25.6 Å². The number of amides is 2. The molecular formula is C14H22N2O3. The van der Waals surface area contributed by atoms with Crippen LogP contribution < -0.4 is 5.32 Å². The lowest BCUT2D eigenvalue weighted by atomic mass is 10.00. The van der Waals surface area contributed by atoms with Gasteiger partial charge in [0.2, 0.25) is 0 Å². The summed E-state index contributed by atoms with van der Waals surface area (Å²) in [5.74, 6) is 1.71. The largest absolute Gasteiger partial charge is 0.481 e. The highest BCUT2D eigenvalue weighted by Crippen LogP contribution is 2.19. The number of rotatable bonds is 6. The zero-order chi connectivity index (χ0) is 14.1. The van der Waals surface area contributed by atoms with E-state index in [1.807, 2.05) is 0 Å². The van der Waals surface area contributed by atoms with Gasteiger partial charge in [-0.15, -0.1) is 12.3 Å². The molecular weight excluding hydrogens is 244 g/mol. The summed E-state index contributed by atoms with van der Waals surface area (Å²) in [6.07, 6.45) is 10.4. The number of piperidine rings is 1. The van der Waals surface area contributed by atoms with Gasteiger partial charge in [0.1, 0.15) is 0 Å². The topological polar surface area (TPSA) is 69.6 Å². The molecule has 0 aromatic heterocycles. The van der Waals surface area contributed by atoms with Crippen LogP contribution in [-0.4, -0.2) is 41.1 Å². The van der Waals surface area contributed by atoms with E-state index >= 15 is 0 Å². The van der Waals surface area contributed by atoms with Crippen molar-refractivity contribution >= 4 is 12.0 Å². The number of nitrogens with one attached hydrogen (secondary N) is 1. The van der Waals surface area contributed by atoms with Crippen molar-refractivity contribution in [1.29, 1.82) is 0 Å². The van der Waals surface area contributed by atoms with Gasteiger partial charge in [0.25, 0.3) is 0 Å². The second-order valence-electron chi connectivity index (χ2n) is 4.83. The van der Waals surface area contributed by atoms with E-state index in [9.17, 15) is 9.59 Å². The normalized spacial score (nSPS) is 18.7. The first-order valence-corrected chi connectivity index (χ1v) is 6.85. The Balaban J connectivity index is 2.35. The van der Waals surface area contributed by atoms with E-state index in [-0.39, 0.29) is 18.5 Å². The molecule has 19 heavy (non-hydrogen) atoms. The summed E-state index contributed by atoms with van der Waals surface area (Å²) >= 11 is 0. The molecule has 1 fully saturated rings. The van der Waals surface area contributed by atoms with Crippen LogP contribution in [0.1, 0.15) is 44.9 Å². The van der Waals surface area contributed by atoms with Gasteiger partial charge in [-0.05, 0) is 32.1 Å². The number of carbonyl (C=O) groups excluding carboxylic acids is 1.